The smallest absolute Gasteiger partial charge is 0.128 e. The molecule has 2 fully saturated rings. The van der Waals surface area contributed by atoms with Crippen LogP contribution in [0.5, 0.6) is 5.75 Å². The monoisotopic (exact) mass is 375 g/mol. The third-order valence-electron chi connectivity index (χ3n) is 6.26. The highest BCUT2D eigenvalue weighted by atomic mass is 16.5. The number of rotatable bonds is 5. The SMILES string of the molecule is CCOc1ccncc1C(O)C1CC2(C1)CN(c1cnc3ccccc3c1)C2. The minimum Gasteiger partial charge on any atom is -0.493 e. The van der Waals surface area contributed by atoms with Crippen LogP contribution in [0, 0.1) is 11.3 Å². The van der Waals surface area contributed by atoms with E-state index in [1.165, 1.54) is 11.1 Å². The van der Waals surface area contributed by atoms with Gasteiger partial charge in [-0.25, -0.2) is 0 Å². The van der Waals surface area contributed by atoms with E-state index < -0.39 is 6.10 Å². The van der Waals surface area contributed by atoms with Gasteiger partial charge in [-0.15, -0.1) is 0 Å². The number of anilines is 1. The van der Waals surface area contributed by atoms with E-state index in [0.717, 1.165) is 42.8 Å². The fourth-order valence-corrected chi connectivity index (χ4v) is 4.87. The normalized spacial score (nSPS) is 19.3. The molecule has 0 amide bonds. The third kappa shape index (κ3) is 2.90. The maximum Gasteiger partial charge on any atom is 0.128 e. The van der Waals surface area contributed by atoms with Crippen molar-refractivity contribution < 1.29 is 9.84 Å². The van der Waals surface area contributed by atoms with Crippen LogP contribution < -0.4 is 9.64 Å². The van der Waals surface area contributed by atoms with E-state index in [-0.39, 0.29) is 5.92 Å². The summed E-state index contributed by atoms with van der Waals surface area (Å²) in [5, 5.41) is 12.0. The summed E-state index contributed by atoms with van der Waals surface area (Å²) in [6.07, 6.45) is 7.03. The van der Waals surface area contributed by atoms with Crippen molar-refractivity contribution in [1.29, 1.82) is 0 Å². The zero-order valence-corrected chi connectivity index (χ0v) is 16.1. The van der Waals surface area contributed by atoms with Crippen LogP contribution in [-0.4, -0.2) is 34.8 Å². The van der Waals surface area contributed by atoms with E-state index in [1.54, 1.807) is 12.4 Å². The van der Waals surface area contributed by atoms with Crippen LogP contribution in [-0.2, 0) is 0 Å². The molecular weight excluding hydrogens is 350 g/mol. The first-order valence-corrected chi connectivity index (χ1v) is 10.0. The molecule has 1 unspecified atom stereocenters. The Balaban J connectivity index is 1.23. The maximum atomic E-state index is 10.9. The second-order valence-electron chi connectivity index (χ2n) is 8.20. The molecule has 1 N–H and O–H groups in total. The lowest BCUT2D eigenvalue weighted by atomic mass is 9.55. The Morgan fingerprint density at radius 2 is 2.04 bits per heavy atom. The Morgan fingerprint density at radius 3 is 2.86 bits per heavy atom. The summed E-state index contributed by atoms with van der Waals surface area (Å²) in [4.78, 5) is 11.2. The summed E-state index contributed by atoms with van der Waals surface area (Å²) >= 11 is 0. The summed E-state index contributed by atoms with van der Waals surface area (Å²) in [6.45, 7) is 4.63. The van der Waals surface area contributed by atoms with Gasteiger partial charge in [0.1, 0.15) is 5.75 Å². The first-order chi connectivity index (χ1) is 13.7. The third-order valence-corrected chi connectivity index (χ3v) is 6.26. The summed E-state index contributed by atoms with van der Waals surface area (Å²) in [5.41, 5.74) is 3.39. The van der Waals surface area contributed by atoms with Gasteiger partial charge in [-0.1, -0.05) is 18.2 Å². The molecule has 1 aliphatic heterocycles. The van der Waals surface area contributed by atoms with Crippen molar-refractivity contribution in [2.45, 2.75) is 25.9 Å². The molecule has 0 radical (unpaired) electrons. The minimum atomic E-state index is -0.503. The van der Waals surface area contributed by atoms with Gasteiger partial charge in [0, 0.05) is 41.8 Å². The lowest BCUT2D eigenvalue weighted by molar-refractivity contribution is -0.0517. The van der Waals surface area contributed by atoms with Crippen molar-refractivity contribution >= 4 is 16.6 Å². The van der Waals surface area contributed by atoms with Gasteiger partial charge in [0.05, 0.1) is 30.1 Å². The van der Waals surface area contributed by atoms with Crippen LogP contribution in [0.4, 0.5) is 5.69 Å². The van der Waals surface area contributed by atoms with E-state index in [2.05, 4.69) is 33.1 Å². The molecule has 1 spiro atoms. The predicted octanol–water partition coefficient (Wildman–Crippen LogP) is 3.98. The molecule has 1 aliphatic carbocycles. The molecule has 1 saturated carbocycles. The fourth-order valence-electron chi connectivity index (χ4n) is 4.87. The van der Waals surface area contributed by atoms with Gasteiger partial charge >= 0.3 is 0 Å². The quantitative estimate of drug-likeness (QED) is 0.731. The van der Waals surface area contributed by atoms with Crippen LogP contribution in [0.1, 0.15) is 31.4 Å². The Morgan fingerprint density at radius 1 is 1.21 bits per heavy atom. The molecule has 28 heavy (non-hydrogen) atoms. The van der Waals surface area contributed by atoms with Crippen LogP contribution in [0.2, 0.25) is 0 Å². The Kier molecular flexibility index (Phi) is 4.20. The lowest BCUT2D eigenvalue weighted by Gasteiger charge is -2.60. The second kappa shape index (κ2) is 6.74. The minimum absolute atomic E-state index is 0.278. The first kappa shape index (κ1) is 17.4. The molecule has 1 saturated heterocycles. The molecule has 2 aliphatic rings. The molecule has 5 heteroatoms. The Labute approximate surface area is 165 Å². The first-order valence-electron chi connectivity index (χ1n) is 10.0. The zero-order valence-electron chi connectivity index (χ0n) is 16.1. The largest absolute Gasteiger partial charge is 0.493 e. The molecule has 3 aromatic rings. The van der Waals surface area contributed by atoms with E-state index in [0.29, 0.717) is 12.0 Å². The summed E-state index contributed by atoms with van der Waals surface area (Å²) in [7, 11) is 0. The molecule has 5 rings (SSSR count). The van der Waals surface area contributed by atoms with Gasteiger partial charge in [0.2, 0.25) is 0 Å². The van der Waals surface area contributed by atoms with E-state index >= 15 is 0 Å². The average molecular weight is 375 g/mol. The highest BCUT2D eigenvalue weighted by Gasteiger charge is 2.54. The zero-order chi connectivity index (χ0) is 19.1. The van der Waals surface area contributed by atoms with Gasteiger partial charge in [-0.3, -0.25) is 9.97 Å². The number of pyridine rings is 2. The maximum absolute atomic E-state index is 10.9. The number of aliphatic hydroxyl groups excluding tert-OH is 1. The predicted molar refractivity (Wildman–Crippen MR) is 109 cm³/mol. The number of para-hydroxylation sites is 1. The van der Waals surface area contributed by atoms with Crippen molar-refractivity contribution in [2.75, 3.05) is 24.6 Å². The molecule has 2 aromatic heterocycles. The number of hydrogen-bond acceptors (Lipinski definition) is 5. The standard InChI is InChI=1S/C23H25N3O2/c1-2-28-21-7-8-24-13-19(21)22(27)17-10-23(11-17)14-26(15-23)18-9-16-5-3-4-6-20(16)25-12-18/h3-9,12-13,17,22,27H,2,10-11,14-15H2,1H3. The summed E-state index contributed by atoms with van der Waals surface area (Å²) < 4.78 is 5.66. The average Bonchev–Trinajstić information content (AvgIpc) is 2.66. The fraction of sp³-hybridized carbons (Fsp3) is 0.391. The van der Waals surface area contributed by atoms with Gasteiger partial charge in [0.25, 0.3) is 0 Å². The number of hydrogen-bond donors (Lipinski definition) is 1. The lowest BCUT2D eigenvalue weighted by Crippen LogP contribution is -2.63. The van der Waals surface area contributed by atoms with Crippen molar-refractivity contribution in [3.63, 3.8) is 0 Å². The topological polar surface area (TPSA) is 58.5 Å². The number of fused-ring (bicyclic) bond motifs is 1. The molecule has 1 aromatic carbocycles. The van der Waals surface area contributed by atoms with Crippen LogP contribution in [0.25, 0.3) is 10.9 Å². The van der Waals surface area contributed by atoms with E-state index in [4.69, 9.17) is 4.74 Å². The highest BCUT2D eigenvalue weighted by molar-refractivity contribution is 5.81. The molecule has 0 bridgehead atoms. The molecule has 5 nitrogen and oxygen atoms in total. The van der Waals surface area contributed by atoms with Crippen LogP contribution >= 0.6 is 0 Å². The highest BCUT2D eigenvalue weighted by Crippen LogP contribution is 2.56. The van der Waals surface area contributed by atoms with Crippen molar-refractivity contribution in [1.82, 2.24) is 9.97 Å². The van der Waals surface area contributed by atoms with Gasteiger partial charge < -0.3 is 14.7 Å². The number of aliphatic hydroxyl groups is 1. The molecular formula is C23H25N3O2. The second-order valence-corrected chi connectivity index (χ2v) is 8.20. The summed E-state index contributed by atoms with van der Waals surface area (Å²) in [6, 6.07) is 12.3. The van der Waals surface area contributed by atoms with Gasteiger partial charge in [-0.2, -0.15) is 0 Å². The Bertz CT molecular complexity index is 992. The summed E-state index contributed by atoms with van der Waals surface area (Å²) in [5.74, 6) is 1.03. The van der Waals surface area contributed by atoms with E-state index in [1.807, 2.05) is 31.3 Å². The molecule has 3 heterocycles. The van der Waals surface area contributed by atoms with Gasteiger partial charge in [0.15, 0.2) is 0 Å². The van der Waals surface area contributed by atoms with E-state index in [9.17, 15) is 5.11 Å². The number of benzene rings is 1. The number of nitrogens with zero attached hydrogens (tertiary/aromatic N) is 3. The van der Waals surface area contributed by atoms with Crippen molar-refractivity contribution in [3.8, 4) is 5.75 Å². The van der Waals surface area contributed by atoms with Gasteiger partial charge in [-0.05, 0) is 43.9 Å². The molecule has 144 valence electrons. The van der Waals surface area contributed by atoms with Crippen LogP contribution in [0.15, 0.2) is 55.0 Å². The Hall–Kier alpha value is -2.66. The number of ether oxygens (including phenoxy) is 1. The van der Waals surface area contributed by atoms with Crippen molar-refractivity contribution in [3.05, 3.63) is 60.6 Å². The molecule has 1 atom stereocenters. The van der Waals surface area contributed by atoms with Crippen LogP contribution in [0.3, 0.4) is 0 Å². The number of aromatic nitrogens is 2. The van der Waals surface area contributed by atoms with Crippen molar-refractivity contribution in [2.24, 2.45) is 11.3 Å².